The van der Waals surface area contributed by atoms with Gasteiger partial charge >= 0.3 is 0 Å². The third-order valence-electron chi connectivity index (χ3n) is 4.85. The maximum Gasteiger partial charge on any atom is 0.226 e. The van der Waals surface area contributed by atoms with Crippen molar-refractivity contribution in [3.63, 3.8) is 0 Å². The average Bonchev–Trinajstić information content (AvgIpc) is 3.20. The van der Waals surface area contributed by atoms with Gasteiger partial charge in [0.25, 0.3) is 0 Å². The molecule has 0 aliphatic heterocycles. The molecule has 1 aromatic carbocycles. The second-order valence-corrected chi connectivity index (χ2v) is 6.41. The first-order valence-electron chi connectivity index (χ1n) is 7.84. The highest BCUT2D eigenvalue weighted by Crippen LogP contribution is 2.50. The molecule has 1 atom stereocenters. The molecule has 1 fully saturated rings. The van der Waals surface area contributed by atoms with Gasteiger partial charge in [-0.05, 0) is 61.8 Å². The van der Waals surface area contributed by atoms with Gasteiger partial charge in [0.15, 0.2) is 0 Å². The molecule has 1 unspecified atom stereocenters. The highest BCUT2D eigenvalue weighted by molar-refractivity contribution is 5.85. The Morgan fingerprint density at radius 1 is 1.45 bits per heavy atom. The molecule has 3 N–H and O–H groups in total. The van der Waals surface area contributed by atoms with E-state index in [4.69, 9.17) is 5.73 Å². The maximum absolute atomic E-state index is 12.5. The first-order chi connectivity index (χ1) is 9.64. The van der Waals surface area contributed by atoms with Crippen molar-refractivity contribution in [2.24, 2.45) is 5.41 Å². The molecule has 0 spiro atoms. The van der Waals surface area contributed by atoms with Crippen molar-refractivity contribution in [1.29, 1.82) is 0 Å². The number of fused-ring (bicyclic) bond motifs is 1. The van der Waals surface area contributed by atoms with Crippen LogP contribution in [0, 0.1) is 5.41 Å². The summed E-state index contributed by atoms with van der Waals surface area (Å²) in [5.74, 6) is 0.272. The van der Waals surface area contributed by atoms with Gasteiger partial charge in [0.05, 0.1) is 6.04 Å². The van der Waals surface area contributed by atoms with Crippen molar-refractivity contribution in [3.05, 3.63) is 29.3 Å². The van der Waals surface area contributed by atoms with Crippen LogP contribution in [0.2, 0.25) is 0 Å². The van der Waals surface area contributed by atoms with Crippen molar-refractivity contribution < 1.29 is 4.79 Å². The van der Waals surface area contributed by atoms with Crippen LogP contribution >= 0.6 is 0 Å². The smallest absolute Gasteiger partial charge is 0.226 e. The molecule has 1 saturated carbocycles. The van der Waals surface area contributed by atoms with E-state index in [1.807, 2.05) is 6.07 Å². The lowest BCUT2D eigenvalue weighted by molar-refractivity contribution is -0.127. The molecule has 0 radical (unpaired) electrons. The average molecular weight is 272 g/mol. The van der Waals surface area contributed by atoms with Gasteiger partial charge in [0.2, 0.25) is 5.91 Å². The topological polar surface area (TPSA) is 55.1 Å². The van der Waals surface area contributed by atoms with Crippen LogP contribution in [0.1, 0.15) is 62.6 Å². The Labute approximate surface area is 120 Å². The first-order valence-corrected chi connectivity index (χ1v) is 7.84. The molecule has 3 nitrogen and oxygen atoms in total. The number of nitrogens with two attached hydrogens (primary N) is 1. The van der Waals surface area contributed by atoms with Gasteiger partial charge in [0.1, 0.15) is 0 Å². The number of hydrogen-bond donors (Lipinski definition) is 2. The Hall–Kier alpha value is -1.51. The molecule has 3 heteroatoms. The van der Waals surface area contributed by atoms with Crippen molar-refractivity contribution in [2.75, 3.05) is 5.73 Å². The van der Waals surface area contributed by atoms with E-state index in [9.17, 15) is 4.79 Å². The van der Waals surface area contributed by atoms with Crippen LogP contribution in [0.5, 0.6) is 0 Å². The lowest BCUT2D eigenvalue weighted by Gasteiger charge is -2.28. The minimum absolute atomic E-state index is 0.0415. The van der Waals surface area contributed by atoms with Gasteiger partial charge in [-0.1, -0.05) is 19.4 Å². The standard InChI is InChI=1S/C17H24N2O/c1-2-8-17(9-10-17)16(20)19-15-5-3-4-12-11-13(18)6-7-14(12)15/h6-7,11,15H,2-5,8-10,18H2,1H3,(H,19,20). The molecule has 0 heterocycles. The van der Waals surface area contributed by atoms with Crippen LogP contribution in [0.4, 0.5) is 5.69 Å². The van der Waals surface area contributed by atoms with E-state index >= 15 is 0 Å². The number of carbonyl (C=O) groups excluding carboxylic acids is 1. The van der Waals surface area contributed by atoms with Crippen molar-refractivity contribution in [3.8, 4) is 0 Å². The van der Waals surface area contributed by atoms with E-state index in [2.05, 4.69) is 24.4 Å². The van der Waals surface area contributed by atoms with Crippen molar-refractivity contribution in [2.45, 2.75) is 57.9 Å². The zero-order chi connectivity index (χ0) is 14.2. The minimum atomic E-state index is -0.0415. The molecule has 20 heavy (non-hydrogen) atoms. The van der Waals surface area contributed by atoms with E-state index in [1.165, 1.54) is 11.1 Å². The van der Waals surface area contributed by atoms with E-state index in [1.54, 1.807) is 0 Å². The quantitative estimate of drug-likeness (QED) is 0.826. The Morgan fingerprint density at radius 2 is 2.25 bits per heavy atom. The molecule has 2 aliphatic carbocycles. The SMILES string of the molecule is CCCC1(C(=O)NC2CCCc3cc(N)ccc32)CC1. The van der Waals surface area contributed by atoms with Crippen LogP contribution < -0.4 is 11.1 Å². The fourth-order valence-electron chi connectivity index (χ4n) is 3.52. The lowest BCUT2D eigenvalue weighted by Crippen LogP contribution is -2.36. The van der Waals surface area contributed by atoms with Gasteiger partial charge in [-0.2, -0.15) is 0 Å². The zero-order valence-electron chi connectivity index (χ0n) is 12.2. The van der Waals surface area contributed by atoms with Crippen LogP contribution in [-0.4, -0.2) is 5.91 Å². The summed E-state index contributed by atoms with van der Waals surface area (Å²) in [5, 5.41) is 3.30. The molecular formula is C17H24N2O. The normalized spacial score (nSPS) is 22.9. The third kappa shape index (κ3) is 2.41. The summed E-state index contributed by atoms with van der Waals surface area (Å²) in [7, 11) is 0. The summed E-state index contributed by atoms with van der Waals surface area (Å²) in [6.07, 6.45) is 7.49. The Kier molecular flexibility index (Phi) is 3.45. The van der Waals surface area contributed by atoms with E-state index in [0.29, 0.717) is 0 Å². The molecule has 108 valence electrons. The molecule has 0 aromatic heterocycles. The Bertz CT molecular complexity index is 520. The summed E-state index contributed by atoms with van der Waals surface area (Å²) >= 11 is 0. The molecule has 3 rings (SSSR count). The van der Waals surface area contributed by atoms with E-state index in [0.717, 1.165) is 50.6 Å². The first kappa shape index (κ1) is 13.5. The molecule has 0 saturated heterocycles. The molecule has 2 aliphatic rings. The lowest BCUT2D eigenvalue weighted by atomic mass is 9.86. The van der Waals surface area contributed by atoms with Crippen molar-refractivity contribution >= 4 is 11.6 Å². The second-order valence-electron chi connectivity index (χ2n) is 6.41. The number of hydrogen-bond acceptors (Lipinski definition) is 2. The van der Waals surface area contributed by atoms with E-state index < -0.39 is 0 Å². The zero-order valence-corrected chi connectivity index (χ0v) is 12.2. The predicted molar refractivity (Wildman–Crippen MR) is 81.3 cm³/mol. The van der Waals surface area contributed by atoms with Gasteiger partial charge in [-0.15, -0.1) is 0 Å². The predicted octanol–water partition coefficient (Wildman–Crippen LogP) is 3.34. The maximum atomic E-state index is 12.5. The Morgan fingerprint density at radius 3 is 2.95 bits per heavy atom. The number of aryl methyl sites for hydroxylation is 1. The molecule has 0 bridgehead atoms. The highest BCUT2D eigenvalue weighted by atomic mass is 16.2. The largest absolute Gasteiger partial charge is 0.399 e. The second kappa shape index (κ2) is 5.12. The summed E-state index contributed by atoms with van der Waals surface area (Å²) in [5.41, 5.74) is 9.22. The molecule has 1 amide bonds. The fraction of sp³-hybridized carbons (Fsp3) is 0.588. The van der Waals surface area contributed by atoms with Crippen LogP contribution in [0.25, 0.3) is 0 Å². The number of nitrogens with one attached hydrogen (secondary N) is 1. The summed E-state index contributed by atoms with van der Waals surface area (Å²) in [6, 6.07) is 6.28. The van der Waals surface area contributed by atoms with Crippen LogP contribution in [-0.2, 0) is 11.2 Å². The van der Waals surface area contributed by atoms with Gasteiger partial charge in [-0.3, -0.25) is 4.79 Å². The number of anilines is 1. The number of amides is 1. The van der Waals surface area contributed by atoms with Gasteiger partial charge < -0.3 is 11.1 Å². The van der Waals surface area contributed by atoms with Crippen molar-refractivity contribution in [1.82, 2.24) is 5.32 Å². The van der Waals surface area contributed by atoms with Gasteiger partial charge in [-0.25, -0.2) is 0 Å². The number of rotatable bonds is 4. The number of nitrogen functional groups attached to an aromatic ring is 1. The molecular weight excluding hydrogens is 248 g/mol. The summed E-state index contributed by atoms with van der Waals surface area (Å²) in [4.78, 5) is 12.5. The number of benzene rings is 1. The van der Waals surface area contributed by atoms with Gasteiger partial charge in [0, 0.05) is 11.1 Å². The third-order valence-corrected chi connectivity index (χ3v) is 4.85. The summed E-state index contributed by atoms with van der Waals surface area (Å²) < 4.78 is 0. The van der Waals surface area contributed by atoms with Crippen LogP contribution in [0.3, 0.4) is 0 Å². The monoisotopic (exact) mass is 272 g/mol. The Balaban J connectivity index is 1.75. The molecule has 1 aromatic rings. The summed E-state index contributed by atoms with van der Waals surface area (Å²) in [6.45, 7) is 2.16. The fourth-order valence-corrected chi connectivity index (χ4v) is 3.52. The van der Waals surface area contributed by atoms with E-state index in [-0.39, 0.29) is 17.4 Å². The highest BCUT2D eigenvalue weighted by Gasteiger charge is 2.49. The van der Waals surface area contributed by atoms with Crippen LogP contribution in [0.15, 0.2) is 18.2 Å². The minimum Gasteiger partial charge on any atom is -0.399 e. The number of carbonyl (C=O) groups is 1.